The van der Waals surface area contributed by atoms with Crippen LogP contribution in [0, 0.1) is 5.92 Å². The SMILES string of the molecule is CCC1(c2ccccc2)CCC2(CC1)CN(CCC(=O)N(I)c1ccncc1OC)C(=O)N2CC1CCC1. The molecular weight excluding hydrogens is 591 g/mol. The van der Waals surface area contributed by atoms with Gasteiger partial charge in [0, 0.05) is 32.3 Å². The van der Waals surface area contributed by atoms with Crippen molar-refractivity contribution in [2.75, 3.05) is 29.9 Å². The Balaban J connectivity index is 1.29. The van der Waals surface area contributed by atoms with Crippen LogP contribution in [-0.4, -0.2) is 59.0 Å². The molecule has 3 amide bonds. The van der Waals surface area contributed by atoms with Crippen LogP contribution in [0.5, 0.6) is 5.75 Å². The lowest BCUT2D eigenvalue weighted by Gasteiger charge is -2.49. The number of urea groups is 1. The highest BCUT2D eigenvalue weighted by molar-refractivity contribution is 14.1. The summed E-state index contributed by atoms with van der Waals surface area (Å²) in [5, 5.41) is 0. The van der Waals surface area contributed by atoms with Crippen LogP contribution < -0.4 is 7.85 Å². The van der Waals surface area contributed by atoms with Crippen molar-refractivity contribution in [3.63, 3.8) is 0 Å². The first kappa shape index (κ1) is 27.2. The molecule has 1 aromatic carbocycles. The Kier molecular flexibility index (Phi) is 8.16. The molecule has 5 rings (SSSR count). The highest BCUT2D eigenvalue weighted by Crippen LogP contribution is 2.50. The number of hydrogen-bond donors (Lipinski definition) is 0. The maximum atomic E-state index is 13.8. The number of nitrogens with zero attached hydrogens (tertiary/aromatic N) is 4. The smallest absolute Gasteiger partial charge is 0.320 e. The predicted molar refractivity (Wildman–Crippen MR) is 158 cm³/mol. The molecule has 2 aliphatic carbocycles. The van der Waals surface area contributed by atoms with Crippen molar-refractivity contribution in [1.29, 1.82) is 0 Å². The van der Waals surface area contributed by atoms with E-state index in [1.807, 2.05) is 27.8 Å². The zero-order chi connectivity index (χ0) is 26.8. The fourth-order valence-electron chi connectivity index (χ4n) is 6.68. The number of pyridine rings is 1. The number of carbonyl (C=O) groups excluding carboxylic acids is 2. The summed E-state index contributed by atoms with van der Waals surface area (Å²) in [6, 6.07) is 12.8. The third-order valence-electron chi connectivity index (χ3n) is 9.43. The number of aromatic nitrogens is 1. The van der Waals surface area contributed by atoms with Gasteiger partial charge in [-0.15, -0.1) is 0 Å². The second-order valence-corrected chi connectivity index (χ2v) is 12.3. The lowest BCUT2D eigenvalue weighted by atomic mass is 9.62. The molecule has 8 heteroatoms. The molecule has 2 saturated carbocycles. The molecule has 1 aromatic heterocycles. The minimum absolute atomic E-state index is 0.0490. The number of carbonyl (C=O) groups is 2. The van der Waals surface area contributed by atoms with Crippen LogP contribution in [0.4, 0.5) is 10.5 Å². The second-order valence-electron chi connectivity index (χ2n) is 11.3. The molecule has 38 heavy (non-hydrogen) atoms. The van der Waals surface area contributed by atoms with E-state index in [1.54, 1.807) is 28.7 Å². The van der Waals surface area contributed by atoms with E-state index < -0.39 is 0 Å². The first-order valence-corrected chi connectivity index (χ1v) is 15.0. The summed E-state index contributed by atoms with van der Waals surface area (Å²) in [5.41, 5.74) is 2.17. The number of benzene rings is 1. The fraction of sp³-hybridized carbons (Fsp3) is 0.567. The van der Waals surface area contributed by atoms with Crippen molar-refractivity contribution in [3.8, 4) is 5.75 Å². The summed E-state index contributed by atoms with van der Waals surface area (Å²) < 4.78 is 6.96. The maximum Gasteiger partial charge on any atom is 0.320 e. The van der Waals surface area contributed by atoms with Crippen LogP contribution in [-0.2, 0) is 10.2 Å². The number of hydrogen-bond acceptors (Lipinski definition) is 4. The van der Waals surface area contributed by atoms with Gasteiger partial charge in [-0.3, -0.25) is 9.78 Å². The third-order valence-corrected chi connectivity index (χ3v) is 10.5. The van der Waals surface area contributed by atoms with Gasteiger partial charge in [-0.05, 0) is 67.9 Å². The van der Waals surface area contributed by atoms with E-state index in [4.69, 9.17) is 4.74 Å². The van der Waals surface area contributed by atoms with E-state index in [0.717, 1.165) is 45.2 Å². The zero-order valence-corrected chi connectivity index (χ0v) is 24.7. The summed E-state index contributed by atoms with van der Waals surface area (Å²) in [7, 11) is 1.57. The molecule has 0 radical (unpaired) electrons. The lowest BCUT2D eigenvalue weighted by molar-refractivity contribution is -0.117. The Hall–Kier alpha value is -2.36. The second kappa shape index (κ2) is 11.4. The Morgan fingerprint density at radius 1 is 1.16 bits per heavy atom. The molecule has 0 N–H and O–H groups in total. The number of anilines is 1. The number of halogens is 1. The molecule has 1 spiro atoms. The van der Waals surface area contributed by atoms with E-state index in [1.165, 1.54) is 24.8 Å². The largest absolute Gasteiger partial charge is 0.493 e. The van der Waals surface area contributed by atoms with Gasteiger partial charge in [0.05, 0.1) is 47.4 Å². The number of amides is 3. The molecule has 7 nitrogen and oxygen atoms in total. The molecule has 1 aliphatic heterocycles. The van der Waals surface area contributed by atoms with Gasteiger partial charge in [0.25, 0.3) is 0 Å². The van der Waals surface area contributed by atoms with Gasteiger partial charge in [-0.1, -0.05) is 43.7 Å². The van der Waals surface area contributed by atoms with Crippen LogP contribution in [0.25, 0.3) is 0 Å². The Morgan fingerprint density at radius 3 is 2.53 bits per heavy atom. The van der Waals surface area contributed by atoms with E-state index in [-0.39, 0.29) is 29.3 Å². The third kappa shape index (κ3) is 5.12. The highest BCUT2D eigenvalue weighted by atomic mass is 127. The van der Waals surface area contributed by atoms with E-state index >= 15 is 0 Å². The zero-order valence-electron chi connectivity index (χ0n) is 22.6. The van der Waals surface area contributed by atoms with Gasteiger partial charge in [-0.2, -0.15) is 0 Å². The monoisotopic (exact) mass is 630 g/mol. The van der Waals surface area contributed by atoms with E-state index in [0.29, 0.717) is 23.9 Å². The van der Waals surface area contributed by atoms with Crippen LogP contribution in [0.15, 0.2) is 48.8 Å². The van der Waals surface area contributed by atoms with Crippen molar-refractivity contribution < 1.29 is 14.3 Å². The van der Waals surface area contributed by atoms with Gasteiger partial charge in [-0.25, -0.2) is 7.91 Å². The number of rotatable bonds is 9. The summed E-state index contributed by atoms with van der Waals surface area (Å²) in [6.07, 6.45) is 12.6. The van der Waals surface area contributed by atoms with Gasteiger partial charge in [0.2, 0.25) is 5.91 Å². The van der Waals surface area contributed by atoms with Gasteiger partial charge >= 0.3 is 6.03 Å². The first-order valence-electron chi connectivity index (χ1n) is 14.0. The Morgan fingerprint density at radius 2 is 1.89 bits per heavy atom. The fourth-order valence-corrected chi connectivity index (χ4v) is 7.32. The Labute approximate surface area is 240 Å². The van der Waals surface area contributed by atoms with Crippen LogP contribution in [0.3, 0.4) is 0 Å². The summed E-state index contributed by atoms with van der Waals surface area (Å²) in [4.78, 5) is 35.2. The van der Waals surface area contributed by atoms with Crippen LogP contribution in [0.1, 0.15) is 70.3 Å². The number of ether oxygens (including phenoxy) is 1. The molecule has 0 atom stereocenters. The normalized spacial score (nSPS) is 25.5. The minimum atomic E-state index is -0.124. The highest BCUT2D eigenvalue weighted by Gasteiger charge is 2.54. The predicted octanol–water partition coefficient (Wildman–Crippen LogP) is 6.36. The Bertz CT molecular complexity index is 1130. The molecule has 1 saturated heterocycles. The summed E-state index contributed by atoms with van der Waals surface area (Å²) >= 11 is 2.02. The average Bonchev–Trinajstić information content (AvgIpc) is 3.19. The van der Waals surface area contributed by atoms with Crippen molar-refractivity contribution in [1.82, 2.24) is 14.8 Å². The van der Waals surface area contributed by atoms with Gasteiger partial charge < -0.3 is 14.5 Å². The van der Waals surface area contributed by atoms with Crippen LogP contribution in [0.2, 0.25) is 0 Å². The first-order chi connectivity index (χ1) is 18.4. The van der Waals surface area contributed by atoms with E-state index in [9.17, 15) is 9.59 Å². The molecule has 0 bridgehead atoms. The molecule has 2 aromatic rings. The molecule has 3 fully saturated rings. The number of methoxy groups -OCH3 is 1. The quantitative estimate of drug-likeness (QED) is 0.239. The van der Waals surface area contributed by atoms with Gasteiger partial charge in [0.15, 0.2) is 5.75 Å². The maximum absolute atomic E-state index is 13.8. The van der Waals surface area contributed by atoms with Crippen molar-refractivity contribution in [3.05, 3.63) is 54.4 Å². The van der Waals surface area contributed by atoms with Crippen molar-refractivity contribution in [2.24, 2.45) is 5.92 Å². The standard InChI is InChI=1S/C30H39IN4O3/c1-3-29(24-10-5-4-6-11-24)14-16-30(17-15-29)22-33(28(37)34(30)21-23-8-7-9-23)19-13-27(36)35(31)25-12-18-32-20-26(25)38-2/h4-6,10-12,18,20,23H,3,7-9,13-17,19,21-22H2,1-2H3. The van der Waals surface area contributed by atoms with E-state index in [2.05, 4.69) is 47.1 Å². The minimum Gasteiger partial charge on any atom is -0.493 e. The molecule has 204 valence electrons. The molecule has 3 aliphatic rings. The van der Waals surface area contributed by atoms with Crippen molar-refractivity contribution in [2.45, 2.75) is 75.7 Å². The topological polar surface area (TPSA) is 66.0 Å². The molecule has 0 unspecified atom stereocenters. The van der Waals surface area contributed by atoms with Gasteiger partial charge in [0.1, 0.15) is 0 Å². The summed E-state index contributed by atoms with van der Waals surface area (Å²) in [6.45, 7) is 4.33. The average molecular weight is 631 g/mol. The van der Waals surface area contributed by atoms with Crippen LogP contribution >= 0.6 is 22.9 Å². The summed E-state index contributed by atoms with van der Waals surface area (Å²) in [5.74, 6) is 1.12. The lowest BCUT2D eigenvalue weighted by Crippen LogP contribution is -2.53. The molecule has 2 heterocycles. The molecular formula is C30H39IN4O3. The van der Waals surface area contributed by atoms with Crippen molar-refractivity contribution >= 4 is 40.5 Å².